The third kappa shape index (κ3) is 6.04. The lowest BCUT2D eigenvalue weighted by Gasteiger charge is -2.12. The molecule has 0 fully saturated rings. The predicted molar refractivity (Wildman–Crippen MR) is 116 cm³/mol. The average molecular weight is 412 g/mol. The Morgan fingerprint density at radius 3 is 2.59 bits per heavy atom. The highest BCUT2D eigenvalue weighted by atomic mass is 32.1. The number of rotatable bonds is 9. The molecule has 0 spiro atoms. The van der Waals surface area contributed by atoms with Crippen LogP contribution < -0.4 is 14.8 Å². The molecule has 0 aliphatic rings. The molecule has 1 N–H and O–H groups in total. The number of carbonyl (C=O) groups excluding carboxylic acids is 1. The van der Waals surface area contributed by atoms with Gasteiger partial charge in [-0.1, -0.05) is 12.1 Å². The highest BCUT2D eigenvalue weighted by Gasteiger charge is 2.12. The van der Waals surface area contributed by atoms with Crippen molar-refractivity contribution < 1.29 is 14.3 Å². The molecular formula is C22H25N3O3S. The lowest BCUT2D eigenvalue weighted by molar-refractivity contribution is 0.102. The topological polar surface area (TPSA) is 63.7 Å². The smallest absolute Gasteiger partial charge is 0.255 e. The van der Waals surface area contributed by atoms with E-state index in [2.05, 4.69) is 29.3 Å². The first-order chi connectivity index (χ1) is 14.0. The zero-order valence-corrected chi connectivity index (χ0v) is 17.7. The van der Waals surface area contributed by atoms with Gasteiger partial charge >= 0.3 is 0 Å². The molecule has 0 bridgehead atoms. The minimum absolute atomic E-state index is 0.199. The summed E-state index contributed by atoms with van der Waals surface area (Å²) < 4.78 is 11.2. The lowest BCUT2D eigenvalue weighted by Crippen LogP contribution is -2.15. The van der Waals surface area contributed by atoms with Gasteiger partial charge in [0.15, 0.2) is 11.5 Å². The molecule has 3 rings (SSSR count). The summed E-state index contributed by atoms with van der Waals surface area (Å²) in [7, 11) is 5.66. The number of hydrogen-bond acceptors (Lipinski definition) is 6. The van der Waals surface area contributed by atoms with E-state index in [1.54, 1.807) is 30.8 Å². The van der Waals surface area contributed by atoms with E-state index in [1.807, 2.05) is 29.6 Å². The highest BCUT2D eigenvalue weighted by molar-refractivity contribution is 7.07. The van der Waals surface area contributed by atoms with Crippen molar-refractivity contribution in [1.29, 1.82) is 0 Å². The van der Waals surface area contributed by atoms with Crippen LogP contribution in [0.3, 0.4) is 0 Å². The van der Waals surface area contributed by atoms with Crippen molar-refractivity contribution in [1.82, 2.24) is 9.88 Å². The summed E-state index contributed by atoms with van der Waals surface area (Å²) in [5.74, 6) is 0.879. The first-order valence-corrected chi connectivity index (χ1v) is 10.2. The normalized spacial score (nSPS) is 10.8. The Kier molecular flexibility index (Phi) is 7.21. The largest absolute Gasteiger partial charge is 0.493 e. The fraction of sp³-hybridized carbons (Fsp3) is 0.273. The van der Waals surface area contributed by atoms with Crippen molar-refractivity contribution in [2.24, 2.45) is 0 Å². The molecule has 1 amide bonds. The Labute approximate surface area is 175 Å². The van der Waals surface area contributed by atoms with Crippen LogP contribution in [0.1, 0.15) is 21.6 Å². The number of anilines is 1. The fourth-order valence-electron chi connectivity index (χ4n) is 2.70. The second-order valence-corrected chi connectivity index (χ2v) is 7.56. The van der Waals surface area contributed by atoms with Crippen LogP contribution in [-0.4, -0.2) is 43.5 Å². The van der Waals surface area contributed by atoms with Gasteiger partial charge in [-0.25, -0.2) is 4.98 Å². The standard InChI is InChI=1S/C22H25N3O3S/c1-25(2)11-10-16-4-7-18(8-5-16)24-22(26)17-6-9-20(21(12-17)27-3)28-13-19-14-29-15-23-19/h4-9,12,14-15H,10-11,13H2,1-3H3,(H,24,26). The zero-order chi connectivity index (χ0) is 20.6. The Morgan fingerprint density at radius 1 is 1.14 bits per heavy atom. The summed E-state index contributed by atoms with van der Waals surface area (Å²) in [4.78, 5) is 19.0. The fourth-order valence-corrected chi connectivity index (χ4v) is 3.24. The van der Waals surface area contributed by atoms with Gasteiger partial charge in [-0.05, 0) is 56.4 Å². The minimum Gasteiger partial charge on any atom is -0.493 e. The van der Waals surface area contributed by atoms with Gasteiger partial charge in [0.2, 0.25) is 0 Å². The first-order valence-electron chi connectivity index (χ1n) is 9.28. The van der Waals surface area contributed by atoms with Gasteiger partial charge in [-0.2, -0.15) is 0 Å². The van der Waals surface area contributed by atoms with Crippen molar-refractivity contribution in [3.05, 3.63) is 70.2 Å². The van der Waals surface area contributed by atoms with E-state index in [9.17, 15) is 4.79 Å². The molecule has 0 aliphatic carbocycles. The summed E-state index contributed by atoms with van der Waals surface area (Å²) in [6, 6.07) is 13.1. The molecule has 0 saturated heterocycles. The van der Waals surface area contributed by atoms with Crippen LogP contribution in [-0.2, 0) is 13.0 Å². The highest BCUT2D eigenvalue weighted by Crippen LogP contribution is 2.29. The Bertz CT molecular complexity index is 925. The molecule has 29 heavy (non-hydrogen) atoms. The third-order valence-corrected chi connectivity index (χ3v) is 4.98. The van der Waals surface area contributed by atoms with Gasteiger partial charge in [-0.3, -0.25) is 4.79 Å². The summed E-state index contributed by atoms with van der Waals surface area (Å²) in [6.07, 6.45) is 0.973. The molecule has 1 aromatic heterocycles. The summed E-state index contributed by atoms with van der Waals surface area (Å²) in [6.45, 7) is 1.34. The monoisotopic (exact) mass is 411 g/mol. The number of ether oxygens (including phenoxy) is 2. The molecule has 0 saturated carbocycles. The average Bonchev–Trinajstić information content (AvgIpc) is 3.25. The number of likely N-dealkylation sites (N-methyl/N-ethyl adjacent to an activating group) is 1. The van der Waals surface area contributed by atoms with E-state index in [4.69, 9.17) is 9.47 Å². The number of methoxy groups -OCH3 is 1. The predicted octanol–water partition coefficient (Wildman–Crippen LogP) is 4.09. The molecule has 2 aromatic carbocycles. The van der Waals surface area contributed by atoms with Crippen LogP contribution >= 0.6 is 11.3 Å². The van der Waals surface area contributed by atoms with Crippen LogP contribution in [0, 0.1) is 0 Å². The van der Waals surface area contributed by atoms with Gasteiger partial charge in [0.25, 0.3) is 5.91 Å². The molecule has 7 heteroatoms. The number of thiazole rings is 1. The molecule has 0 atom stereocenters. The van der Waals surface area contributed by atoms with Gasteiger partial charge in [0.1, 0.15) is 6.61 Å². The SMILES string of the molecule is COc1cc(C(=O)Nc2ccc(CCN(C)C)cc2)ccc1OCc1cscn1. The number of nitrogens with zero attached hydrogens (tertiary/aromatic N) is 2. The van der Waals surface area contributed by atoms with Crippen LogP contribution in [0.5, 0.6) is 11.5 Å². The van der Waals surface area contributed by atoms with E-state index >= 15 is 0 Å². The Hall–Kier alpha value is -2.90. The number of nitrogens with one attached hydrogen (secondary N) is 1. The van der Waals surface area contributed by atoms with Gasteiger partial charge in [0, 0.05) is 23.2 Å². The molecule has 3 aromatic rings. The number of carbonyl (C=O) groups is 1. The molecule has 6 nitrogen and oxygen atoms in total. The number of benzene rings is 2. The minimum atomic E-state index is -0.199. The summed E-state index contributed by atoms with van der Waals surface area (Å²) in [5, 5.41) is 4.85. The molecule has 0 radical (unpaired) electrons. The van der Waals surface area contributed by atoms with Crippen molar-refractivity contribution in [2.75, 3.05) is 33.1 Å². The zero-order valence-electron chi connectivity index (χ0n) is 16.8. The quantitative estimate of drug-likeness (QED) is 0.575. The summed E-state index contributed by atoms with van der Waals surface area (Å²) in [5.41, 5.74) is 5.11. The molecule has 0 aliphatic heterocycles. The molecule has 1 heterocycles. The van der Waals surface area contributed by atoms with Gasteiger partial charge < -0.3 is 19.7 Å². The van der Waals surface area contributed by atoms with E-state index in [0.29, 0.717) is 23.7 Å². The molecule has 152 valence electrons. The van der Waals surface area contributed by atoms with E-state index in [1.165, 1.54) is 16.9 Å². The maximum atomic E-state index is 12.6. The second kappa shape index (κ2) is 10.0. The van der Waals surface area contributed by atoms with Crippen molar-refractivity contribution in [2.45, 2.75) is 13.0 Å². The van der Waals surface area contributed by atoms with Crippen LogP contribution in [0.25, 0.3) is 0 Å². The number of hydrogen-bond donors (Lipinski definition) is 1. The molecule has 0 unspecified atom stereocenters. The maximum Gasteiger partial charge on any atom is 0.255 e. The Morgan fingerprint density at radius 2 is 1.93 bits per heavy atom. The lowest BCUT2D eigenvalue weighted by atomic mass is 10.1. The van der Waals surface area contributed by atoms with Crippen LogP contribution in [0.2, 0.25) is 0 Å². The van der Waals surface area contributed by atoms with E-state index in [-0.39, 0.29) is 5.91 Å². The van der Waals surface area contributed by atoms with E-state index < -0.39 is 0 Å². The third-order valence-electron chi connectivity index (χ3n) is 4.34. The van der Waals surface area contributed by atoms with Crippen molar-refractivity contribution >= 4 is 22.9 Å². The maximum absolute atomic E-state index is 12.6. The van der Waals surface area contributed by atoms with Gasteiger partial charge in [0.05, 0.1) is 18.3 Å². The second-order valence-electron chi connectivity index (χ2n) is 6.84. The summed E-state index contributed by atoms with van der Waals surface area (Å²) >= 11 is 1.52. The van der Waals surface area contributed by atoms with Crippen LogP contribution in [0.4, 0.5) is 5.69 Å². The Balaban J connectivity index is 1.62. The first kappa shape index (κ1) is 20.8. The van der Waals surface area contributed by atoms with E-state index in [0.717, 1.165) is 24.3 Å². The number of aromatic nitrogens is 1. The number of amides is 1. The van der Waals surface area contributed by atoms with Crippen molar-refractivity contribution in [3.8, 4) is 11.5 Å². The van der Waals surface area contributed by atoms with Crippen LogP contribution in [0.15, 0.2) is 53.4 Å². The van der Waals surface area contributed by atoms with Crippen molar-refractivity contribution in [3.63, 3.8) is 0 Å². The molecular weight excluding hydrogens is 386 g/mol. The van der Waals surface area contributed by atoms with Gasteiger partial charge in [-0.15, -0.1) is 11.3 Å².